The molecule has 0 aliphatic heterocycles. The molecule has 0 saturated carbocycles. The van der Waals surface area contributed by atoms with Gasteiger partial charge in [-0.3, -0.25) is 9.59 Å². The van der Waals surface area contributed by atoms with Crippen molar-refractivity contribution in [1.29, 1.82) is 0 Å². The van der Waals surface area contributed by atoms with E-state index < -0.39 is 0 Å². The predicted octanol–water partition coefficient (Wildman–Crippen LogP) is 2.31. The highest BCUT2D eigenvalue weighted by Gasteiger charge is 2.08. The zero-order valence-corrected chi connectivity index (χ0v) is 10.5. The number of esters is 2. The average Bonchev–Trinajstić information content (AvgIpc) is 2.26. The van der Waals surface area contributed by atoms with Gasteiger partial charge in [0.25, 0.3) is 0 Å². The van der Waals surface area contributed by atoms with E-state index in [-0.39, 0.29) is 24.8 Å². The smallest absolute Gasteiger partial charge is 0.306 e. The van der Waals surface area contributed by atoms with E-state index >= 15 is 0 Å². The Labute approximate surface area is 97.3 Å². The Morgan fingerprint density at radius 1 is 1.06 bits per heavy atom. The minimum atomic E-state index is -0.346. The highest BCUT2D eigenvalue weighted by Crippen LogP contribution is 2.06. The highest BCUT2D eigenvalue weighted by atomic mass is 16.5. The van der Waals surface area contributed by atoms with Crippen molar-refractivity contribution in [3.05, 3.63) is 0 Å². The van der Waals surface area contributed by atoms with E-state index in [9.17, 15) is 9.59 Å². The molecule has 0 aromatic carbocycles. The molecule has 0 aliphatic carbocycles. The fourth-order valence-electron chi connectivity index (χ4n) is 1.09. The second-order valence-electron chi connectivity index (χ2n) is 3.83. The van der Waals surface area contributed by atoms with Crippen LogP contribution in [-0.2, 0) is 19.1 Å². The second-order valence-corrected chi connectivity index (χ2v) is 3.83. The number of ether oxygens (including phenoxy) is 2. The molecule has 0 fully saturated rings. The molecule has 16 heavy (non-hydrogen) atoms. The monoisotopic (exact) mass is 230 g/mol. The molecule has 0 aliphatic rings. The first-order valence-corrected chi connectivity index (χ1v) is 5.91. The van der Waals surface area contributed by atoms with Crippen LogP contribution in [-0.4, -0.2) is 25.2 Å². The molecule has 0 saturated heterocycles. The van der Waals surface area contributed by atoms with Gasteiger partial charge in [-0.2, -0.15) is 0 Å². The van der Waals surface area contributed by atoms with Gasteiger partial charge in [0.05, 0.1) is 26.1 Å². The first-order chi connectivity index (χ1) is 7.60. The summed E-state index contributed by atoms with van der Waals surface area (Å²) < 4.78 is 9.70. The standard InChI is InChI=1S/C12H22O4/c1-4-10(3)8-9-16-12(14)7-6-11(13)15-5-2/h10H,4-9H2,1-3H3. The van der Waals surface area contributed by atoms with Gasteiger partial charge in [-0.1, -0.05) is 20.3 Å². The van der Waals surface area contributed by atoms with Crippen LogP contribution in [0.25, 0.3) is 0 Å². The summed E-state index contributed by atoms with van der Waals surface area (Å²) in [6.07, 6.45) is 2.18. The maximum atomic E-state index is 11.2. The molecular formula is C12H22O4. The van der Waals surface area contributed by atoms with Crippen LogP contribution in [0.15, 0.2) is 0 Å². The van der Waals surface area contributed by atoms with Crippen LogP contribution in [0.2, 0.25) is 0 Å². The summed E-state index contributed by atoms with van der Waals surface area (Å²) in [5.41, 5.74) is 0. The summed E-state index contributed by atoms with van der Waals surface area (Å²) in [4.78, 5) is 22.1. The van der Waals surface area contributed by atoms with E-state index in [2.05, 4.69) is 13.8 Å². The van der Waals surface area contributed by atoms with Gasteiger partial charge in [-0.05, 0) is 19.3 Å². The van der Waals surface area contributed by atoms with Gasteiger partial charge >= 0.3 is 11.9 Å². The fraction of sp³-hybridized carbons (Fsp3) is 0.833. The number of carbonyl (C=O) groups is 2. The third-order valence-corrected chi connectivity index (χ3v) is 2.41. The minimum absolute atomic E-state index is 0.107. The van der Waals surface area contributed by atoms with E-state index in [1.54, 1.807) is 6.92 Å². The summed E-state index contributed by atoms with van der Waals surface area (Å²) in [6.45, 7) is 6.75. The van der Waals surface area contributed by atoms with Gasteiger partial charge in [0, 0.05) is 0 Å². The molecule has 94 valence electrons. The summed E-state index contributed by atoms with van der Waals surface area (Å²) >= 11 is 0. The van der Waals surface area contributed by atoms with Crippen LogP contribution in [0, 0.1) is 5.92 Å². The molecule has 0 aromatic heterocycles. The molecule has 0 spiro atoms. The van der Waals surface area contributed by atoms with E-state index in [0.717, 1.165) is 12.8 Å². The Morgan fingerprint density at radius 3 is 2.12 bits per heavy atom. The lowest BCUT2D eigenvalue weighted by Crippen LogP contribution is -2.11. The molecule has 0 heterocycles. The molecule has 0 amide bonds. The van der Waals surface area contributed by atoms with Crippen molar-refractivity contribution in [3.8, 4) is 0 Å². The van der Waals surface area contributed by atoms with Crippen molar-refractivity contribution in [3.63, 3.8) is 0 Å². The summed E-state index contributed by atoms with van der Waals surface area (Å²) in [7, 11) is 0. The fourth-order valence-corrected chi connectivity index (χ4v) is 1.09. The molecular weight excluding hydrogens is 208 g/mol. The predicted molar refractivity (Wildman–Crippen MR) is 60.9 cm³/mol. The summed E-state index contributed by atoms with van der Waals surface area (Å²) in [5, 5.41) is 0. The van der Waals surface area contributed by atoms with Gasteiger partial charge in [0.15, 0.2) is 0 Å². The van der Waals surface area contributed by atoms with Gasteiger partial charge in [0.2, 0.25) is 0 Å². The lowest BCUT2D eigenvalue weighted by Gasteiger charge is -2.08. The molecule has 1 atom stereocenters. The molecule has 1 unspecified atom stereocenters. The van der Waals surface area contributed by atoms with Crippen molar-refractivity contribution < 1.29 is 19.1 Å². The third-order valence-electron chi connectivity index (χ3n) is 2.41. The number of hydrogen-bond acceptors (Lipinski definition) is 4. The van der Waals surface area contributed by atoms with Gasteiger partial charge < -0.3 is 9.47 Å². The Kier molecular flexibility index (Phi) is 8.58. The summed E-state index contributed by atoms with van der Waals surface area (Å²) in [6, 6.07) is 0. The topological polar surface area (TPSA) is 52.6 Å². The maximum absolute atomic E-state index is 11.2. The Balaban J connectivity index is 3.48. The zero-order chi connectivity index (χ0) is 12.4. The minimum Gasteiger partial charge on any atom is -0.466 e. The zero-order valence-electron chi connectivity index (χ0n) is 10.5. The van der Waals surface area contributed by atoms with Crippen LogP contribution in [0.1, 0.15) is 46.5 Å². The number of hydrogen-bond donors (Lipinski definition) is 0. The second kappa shape index (κ2) is 9.19. The lowest BCUT2D eigenvalue weighted by molar-refractivity contribution is -0.150. The van der Waals surface area contributed by atoms with E-state index in [1.165, 1.54) is 0 Å². The van der Waals surface area contributed by atoms with Crippen LogP contribution < -0.4 is 0 Å². The normalized spacial score (nSPS) is 11.9. The molecule has 0 radical (unpaired) electrons. The van der Waals surface area contributed by atoms with Crippen LogP contribution >= 0.6 is 0 Å². The third kappa shape index (κ3) is 8.26. The van der Waals surface area contributed by atoms with E-state index in [4.69, 9.17) is 9.47 Å². The van der Waals surface area contributed by atoms with Crippen LogP contribution in [0.3, 0.4) is 0 Å². The van der Waals surface area contributed by atoms with Crippen molar-refractivity contribution in [2.24, 2.45) is 5.92 Å². The molecule has 4 heteroatoms. The molecule has 0 N–H and O–H groups in total. The van der Waals surface area contributed by atoms with E-state index in [0.29, 0.717) is 19.1 Å². The van der Waals surface area contributed by atoms with Gasteiger partial charge in [-0.15, -0.1) is 0 Å². The first kappa shape index (κ1) is 14.9. The molecule has 0 rings (SSSR count). The Morgan fingerprint density at radius 2 is 1.62 bits per heavy atom. The van der Waals surface area contributed by atoms with E-state index in [1.807, 2.05) is 0 Å². The number of carbonyl (C=O) groups excluding carboxylic acids is 2. The maximum Gasteiger partial charge on any atom is 0.306 e. The average molecular weight is 230 g/mol. The molecule has 4 nitrogen and oxygen atoms in total. The Bertz CT molecular complexity index is 213. The van der Waals surface area contributed by atoms with Crippen molar-refractivity contribution in [2.75, 3.05) is 13.2 Å². The first-order valence-electron chi connectivity index (χ1n) is 5.91. The molecule has 0 aromatic rings. The quantitative estimate of drug-likeness (QED) is 0.600. The van der Waals surface area contributed by atoms with Gasteiger partial charge in [-0.25, -0.2) is 0 Å². The Hall–Kier alpha value is -1.06. The molecule has 0 bridgehead atoms. The van der Waals surface area contributed by atoms with Crippen molar-refractivity contribution in [1.82, 2.24) is 0 Å². The highest BCUT2D eigenvalue weighted by molar-refractivity contribution is 5.77. The van der Waals surface area contributed by atoms with Crippen molar-refractivity contribution in [2.45, 2.75) is 46.5 Å². The SMILES string of the molecule is CCOC(=O)CCC(=O)OCCC(C)CC. The lowest BCUT2D eigenvalue weighted by atomic mass is 10.1. The summed E-state index contributed by atoms with van der Waals surface area (Å²) in [5.74, 6) is -0.101. The van der Waals surface area contributed by atoms with Gasteiger partial charge in [0.1, 0.15) is 0 Å². The van der Waals surface area contributed by atoms with Crippen molar-refractivity contribution >= 4 is 11.9 Å². The largest absolute Gasteiger partial charge is 0.466 e. The number of rotatable bonds is 8. The van der Waals surface area contributed by atoms with Crippen LogP contribution in [0.4, 0.5) is 0 Å². The van der Waals surface area contributed by atoms with Crippen LogP contribution in [0.5, 0.6) is 0 Å².